The van der Waals surface area contributed by atoms with E-state index in [0.29, 0.717) is 6.54 Å². The number of aliphatic hydroxyl groups excluding tert-OH is 1. The molecular formula is C11H23N3O3. The van der Waals surface area contributed by atoms with Crippen molar-refractivity contribution >= 4 is 11.9 Å². The molecule has 0 spiro atoms. The van der Waals surface area contributed by atoms with Gasteiger partial charge in [-0.15, -0.1) is 0 Å². The van der Waals surface area contributed by atoms with Gasteiger partial charge in [-0.3, -0.25) is 10.1 Å². The van der Waals surface area contributed by atoms with Crippen LogP contribution in [0.25, 0.3) is 0 Å². The Morgan fingerprint density at radius 1 is 1.35 bits per heavy atom. The Morgan fingerprint density at radius 3 is 2.24 bits per heavy atom. The molecule has 0 aliphatic heterocycles. The lowest BCUT2D eigenvalue weighted by atomic mass is 9.83. The Hall–Kier alpha value is -1.14. The highest BCUT2D eigenvalue weighted by Crippen LogP contribution is 2.24. The molecule has 0 aromatic rings. The highest BCUT2D eigenvalue weighted by Gasteiger charge is 2.26. The van der Waals surface area contributed by atoms with Gasteiger partial charge in [0.15, 0.2) is 0 Å². The van der Waals surface area contributed by atoms with Gasteiger partial charge in [-0.25, -0.2) is 4.79 Å². The van der Waals surface area contributed by atoms with Gasteiger partial charge in [0.05, 0.1) is 6.04 Å². The van der Waals surface area contributed by atoms with E-state index < -0.39 is 18.0 Å². The zero-order valence-corrected chi connectivity index (χ0v) is 10.7. The monoisotopic (exact) mass is 245 g/mol. The van der Waals surface area contributed by atoms with Crippen LogP contribution in [0, 0.1) is 5.41 Å². The van der Waals surface area contributed by atoms with Crippen LogP contribution < -0.4 is 16.4 Å². The molecule has 0 radical (unpaired) electrons. The van der Waals surface area contributed by atoms with Gasteiger partial charge in [0, 0.05) is 18.6 Å². The van der Waals surface area contributed by atoms with Crippen molar-refractivity contribution < 1.29 is 14.7 Å². The molecule has 1 unspecified atom stereocenters. The van der Waals surface area contributed by atoms with E-state index in [1.807, 2.05) is 19.2 Å². The fourth-order valence-corrected chi connectivity index (χ4v) is 1.47. The number of carbonyl (C=O) groups excluding carboxylic acids is 2. The standard InChI is InChI=1S/C11H23N3O3/c1-4-11(5-2,7-15)6-13-8(3)9(16)14-10(12)17/h8,13,15H,4-7H2,1-3H3,(H3,12,14,16,17). The van der Waals surface area contributed by atoms with Crippen LogP contribution in [0.4, 0.5) is 4.79 Å². The Morgan fingerprint density at radius 2 is 1.88 bits per heavy atom. The summed E-state index contributed by atoms with van der Waals surface area (Å²) in [4.78, 5) is 21.9. The molecule has 0 fully saturated rings. The smallest absolute Gasteiger partial charge is 0.318 e. The molecule has 0 saturated carbocycles. The summed E-state index contributed by atoms with van der Waals surface area (Å²) in [7, 11) is 0. The second-order valence-corrected chi connectivity index (χ2v) is 4.32. The first-order valence-electron chi connectivity index (χ1n) is 5.85. The van der Waals surface area contributed by atoms with Gasteiger partial charge in [-0.1, -0.05) is 13.8 Å². The number of rotatable bonds is 7. The normalized spacial score (nSPS) is 13.2. The van der Waals surface area contributed by atoms with Crippen molar-refractivity contribution in [3.63, 3.8) is 0 Å². The summed E-state index contributed by atoms with van der Waals surface area (Å²) >= 11 is 0. The van der Waals surface area contributed by atoms with Gasteiger partial charge in [0.25, 0.3) is 0 Å². The quantitative estimate of drug-likeness (QED) is 0.505. The van der Waals surface area contributed by atoms with E-state index in [2.05, 4.69) is 5.32 Å². The highest BCUT2D eigenvalue weighted by atomic mass is 16.3. The minimum atomic E-state index is -0.858. The van der Waals surface area contributed by atoms with Crippen LogP contribution in [-0.4, -0.2) is 36.2 Å². The van der Waals surface area contributed by atoms with Crippen molar-refractivity contribution in [3.8, 4) is 0 Å². The van der Waals surface area contributed by atoms with Crippen molar-refractivity contribution in [2.24, 2.45) is 11.1 Å². The third-order valence-electron chi connectivity index (χ3n) is 3.26. The van der Waals surface area contributed by atoms with Crippen molar-refractivity contribution in [1.82, 2.24) is 10.6 Å². The van der Waals surface area contributed by atoms with E-state index in [1.165, 1.54) is 0 Å². The maximum atomic E-state index is 11.4. The number of urea groups is 1. The number of hydrogen-bond donors (Lipinski definition) is 4. The molecule has 0 saturated heterocycles. The maximum Gasteiger partial charge on any atom is 0.318 e. The number of amides is 3. The summed E-state index contributed by atoms with van der Waals surface area (Å²) in [6.45, 7) is 6.22. The van der Waals surface area contributed by atoms with Gasteiger partial charge in [0.1, 0.15) is 0 Å². The van der Waals surface area contributed by atoms with E-state index in [4.69, 9.17) is 5.73 Å². The number of imide groups is 1. The van der Waals surface area contributed by atoms with Gasteiger partial charge in [-0.05, 0) is 19.8 Å². The summed E-state index contributed by atoms with van der Waals surface area (Å²) in [6, 6.07) is -1.38. The van der Waals surface area contributed by atoms with Crippen molar-refractivity contribution in [1.29, 1.82) is 0 Å². The molecule has 0 aliphatic carbocycles. The van der Waals surface area contributed by atoms with Gasteiger partial charge in [0.2, 0.25) is 5.91 Å². The van der Waals surface area contributed by atoms with Gasteiger partial charge < -0.3 is 16.2 Å². The molecule has 0 aliphatic rings. The lowest BCUT2D eigenvalue weighted by Crippen LogP contribution is -2.49. The summed E-state index contributed by atoms with van der Waals surface area (Å²) in [5.74, 6) is -0.462. The first kappa shape index (κ1) is 15.9. The topological polar surface area (TPSA) is 104 Å². The fraction of sp³-hybridized carbons (Fsp3) is 0.818. The van der Waals surface area contributed by atoms with Crippen molar-refractivity contribution in [2.45, 2.75) is 39.7 Å². The highest BCUT2D eigenvalue weighted by molar-refractivity contribution is 5.96. The lowest BCUT2D eigenvalue weighted by molar-refractivity contribution is -0.121. The van der Waals surface area contributed by atoms with Crippen LogP contribution in [0.1, 0.15) is 33.6 Å². The number of nitrogens with two attached hydrogens (primary N) is 1. The molecule has 17 heavy (non-hydrogen) atoms. The van der Waals surface area contributed by atoms with Crippen LogP contribution in [0.2, 0.25) is 0 Å². The number of nitrogens with one attached hydrogen (secondary N) is 2. The third kappa shape index (κ3) is 5.14. The Labute approximate surface area is 102 Å². The predicted molar refractivity (Wildman–Crippen MR) is 65.3 cm³/mol. The minimum absolute atomic E-state index is 0.0666. The average Bonchev–Trinajstić information content (AvgIpc) is 2.30. The minimum Gasteiger partial charge on any atom is -0.396 e. The molecule has 1 atom stereocenters. The third-order valence-corrected chi connectivity index (χ3v) is 3.26. The summed E-state index contributed by atoms with van der Waals surface area (Å²) in [6.07, 6.45) is 1.63. The molecule has 0 heterocycles. The molecule has 5 N–H and O–H groups in total. The van der Waals surface area contributed by atoms with E-state index in [9.17, 15) is 14.7 Å². The second-order valence-electron chi connectivity index (χ2n) is 4.32. The lowest BCUT2D eigenvalue weighted by Gasteiger charge is -2.30. The van der Waals surface area contributed by atoms with Crippen LogP contribution in [0.3, 0.4) is 0 Å². The molecule has 6 heteroatoms. The molecule has 6 nitrogen and oxygen atoms in total. The summed E-state index contributed by atoms with van der Waals surface area (Å²) in [5, 5.41) is 14.4. The molecule has 100 valence electrons. The fourth-order valence-electron chi connectivity index (χ4n) is 1.47. The van der Waals surface area contributed by atoms with Crippen LogP contribution in [-0.2, 0) is 4.79 Å². The van der Waals surface area contributed by atoms with E-state index in [-0.39, 0.29) is 12.0 Å². The van der Waals surface area contributed by atoms with E-state index in [1.54, 1.807) is 6.92 Å². The number of primary amides is 1. The van der Waals surface area contributed by atoms with Gasteiger partial charge >= 0.3 is 6.03 Å². The molecular weight excluding hydrogens is 222 g/mol. The van der Waals surface area contributed by atoms with E-state index in [0.717, 1.165) is 12.8 Å². The average molecular weight is 245 g/mol. The van der Waals surface area contributed by atoms with Crippen molar-refractivity contribution in [3.05, 3.63) is 0 Å². The number of aliphatic hydroxyl groups is 1. The van der Waals surface area contributed by atoms with Crippen LogP contribution >= 0.6 is 0 Å². The zero-order chi connectivity index (χ0) is 13.5. The number of carbonyl (C=O) groups is 2. The molecule has 0 aromatic heterocycles. The zero-order valence-electron chi connectivity index (χ0n) is 10.7. The molecule has 0 aromatic carbocycles. The molecule has 0 rings (SSSR count). The Balaban J connectivity index is 4.25. The van der Waals surface area contributed by atoms with E-state index >= 15 is 0 Å². The largest absolute Gasteiger partial charge is 0.396 e. The van der Waals surface area contributed by atoms with Crippen molar-refractivity contribution in [2.75, 3.05) is 13.2 Å². The number of hydrogen-bond acceptors (Lipinski definition) is 4. The summed E-state index contributed by atoms with van der Waals surface area (Å²) < 4.78 is 0. The molecule has 3 amide bonds. The first-order valence-corrected chi connectivity index (χ1v) is 5.85. The Kier molecular flexibility index (Phi) is 6.75. The van der Waals surface area contributed by atoms with Crippen LogP contribution in [0.5, 0.6) is 0 Å². The summed E-state index contributed by atoms with van der Waals surface area (Å²) in [5.41, 5.74) is 4.63. The maximum absolute atomic E-state index is 11.4. The second kappa shape index (κ2) is 7.24. The molecule has 0 bridgehead atoms. The SMILES string of the molecule is CCC(CC)(CO)CNC(C)C(=O)NC(N)=O. The predicted octanol–water partition coefficient (Wildman–Crippen LogP) is -0.0419. The Bertz CT molecular complexity index is 256. The first-order chi connectivity index (χ1) is 7.90. The van der Waals surface area contributed by atoms with Crippen LogP contribution in [0.15, 0.2) is 0 Å². The van der Waals surface area contributed by atoms with Gasteiger partial charge in [-0.2, -0.15) is 0 Å².